The first kappa shape index (κ1) is 15.0. The number of carbonyl (C=O) groups is 1. The van der Waals surface area contributed by atoms with Gasteiger partial charge in [-0.25, -0.2) is 0 Å². The summed E-state index contributed by atoms with van der Waals surface area (Å²) in [5, 5.41) is 19.6. The van der Waals surface area contributed by atoms with E-state index in [9.17, 15) is 14.9 Å². The lowest BCUT2D eigenvalue weighted by molar-refractivity contribution is -0.385. The minimum absolute atomic E-state index is 0.0602. The number of thiophene rings is 1. The lowest BCUT2D eigenvalue weighted by Gasteiger charge is -2.05. The Kier molecular flexibility index (Phi) is 4.52. The topological polar surface area (TPSA) is 93.2 Å². The van der Waals surface area contributed by atoms with Crippen LogP contribution in [0.3, 0.4) is 0 Å². The van der Waals surface area contributed by atoms with Gasteiger partial charge in [-0.2, -0.15) is 5.26 Å². The van der Waals surface area contributed by atoms with Gasteiger partial charge in [0.15, 0.2) is 12.4 Å². The number of rotatable bonds is 5. The molecular weight excluding hydrogens is 316 g/mol. The average Bonchev–Trinajstić information content (AvgIpc) is 2.91. The van der Waals surface area contributed by atoms with Gasteiger partial charge in [0.1, 0.15) is 0 Å². The highest BCUT2D eigenvalue weighted by Crippen LogP contribution is 2.28. The Morgan fingerprint density at radius 2 is 2.19 bits per heavy atom. The third-order valence-corrected chi connectivity index (χ3v) is 3.76. The number of Topliss-reactive ketones (excluding diaryl/α,β-unsaturated/α-hetero) is 1. The molecule has 2 aromatic rings. The highest BCUT2D eigenvalue weighted by molar-refractivity contribution is 7.18. The van der Waals surface area contributed by atoms with Gasteiger partial charge in [0, 0.05) is 6.07 Å². The second kappa shape index (κ2) is 6.35. The number of nitro benzene ring substituents is 1. The summed E-state index contributed by atoms with van der Waals surface area (Å²) in [5.41, 5.74) is -0.212. The van der Waals surface area contributed by atoms with Crippen molar-refractivity contribution in [1.82, 2.24) is 0 Å². The van der Waals surface area contributed by atoms with Crippen LogP contribution < -0.4 is 4.74 Å². The molecule has 0 saturated heterocycles. The maximum atomic E-state index is 11.8. The second-order valence-electron chi connectivity index (χ2n) is 3.87. The van der Waals surface area contributed by atoms with E-state index >= 15 is 0 Å². The molecule has 0 spiro atoms. The lowest BCUT2D eigenvalue weighted by atomic mass is 10.2. The molecule has 0 radical (unpaired) electrons. The molecule has 0 atom stereocenters. The lowest BCUT2D eigenvalue weighted by Crippen LogP contribution is -2.11. The zero-order valence-corrected chi connectivity index (χ0v) is 12.0. The molecule has 0 saturated carbocycles. The molecule has 2 rings (SSSR count). The molecule has 0 N–H and O–H groups in total. The second-order valence-corrected chi connectivity index (χ2v) is 5.58. The number of nitriles is 1. The fourth-order valence-electron chi connectivity index (χ4n) is 1.53. The summed E-state index contributed by atoms with van der Waals surface area (Å²) in [6.45, 7) is -0.344. The first-order valence-corrected chi connectivity index (χ1v) is 6.80. The Hall–Kier alpha value is -2.43. The number of carbonyl (C=O) groups excluding carboxylic acids is 1. The van der Waals surface area contributed by atoms with Gasteiger partial charge in [-0.05, 0) is 24.3 Å². The SMILES string of the molecule is N#Cc1ccc(OCC(=O)c2ccc(Cl)s2)c([N+](=O)[O-])c1. The van der Waals surface area contributed by atoms with E-state index in [1.807, 2.05) is 0 Å². The summed E-state index contributed by atoms with van der Waals surface area (Å²) in [6, 6.07) is 8.73. The molecule has 1 aromatic carbocycles. The van der Waals surface area contributed by atoms with Gasteiger partial charge < -0.3 is 4.74 Å². The number of hydrogen-bond donors (Lipinski definition) is 0. The number of nitrogens with zero attached hydrogens (tertiary/aromatic N) is 2. The van der Waals surface area contributed by atoms with E-state index in [1.54, 1.807) is 18.2 Å². The van der Waals surface area contributed by atoms with E-state index in [4.69, 9.17) is 21.6 Å². The summed E-state index contributed by atoms with van der Waals surface area (Å²) in [5.74, 6) is -0.388. The highest BCUT2D eigenvalue weighted by atomic mass is 35.5. The van der Waals surface area contributed by atoms with Gasteiger partial charge in [-0.1, -0.05) is 11.6 Å². The van der Waals surface area contributed by atoms with Crippen LogP contribution in [0.1, 0.15) is 15.2 Å². The number of hydrogen-bond acceptors (Lipinski definition) is 6. The van der Waals surface area contributed by atoms with Crippen LogP contribution in [0.25, 0.3) is 0 Å². The first-order chi connectivity index (χ1) is 10.0. The summed E-state index contributed by atoms with van der Waals surface area (Å²) < 4.78 is 5.66. The predicted molar refractivity (Wildman–Crippen MR) is 77.0 cm³/mol. The van der Waals surface area contributed by atoms with Crippen molar-refractivity contribution in [2.75, 3.05) is 6.61 Å². The van der Waals surface area contributed by atoms with Crippen molar-refractivity contribution in [1.29, 1.82) is 5.26 Å². The molecule has 0 amide bonds. The van der Waals surface area contributed by atoms with Gasteiger partial charge in [0.2, 0.25) is 5.78 Å². The van der Waals surface area contributed by atoms with Crippen molar-refractivity contribution in [3.05, 3.63) is 55.2 Å². The predicted octanol–water partition coefficient (Wildman–Crippen LogP) is 3.44. The molecular formula is C13H7ClN2O4S. The third kappa shape index (κ3) is 3.56. The quantitative estimate of drug-likeness (QED) is 0.477. The minimum atomic E-state index is -0.664. The van der Waals surface area contributed by atoms with Gasteiger partial charge in [0.25, 0.3) is 0 Å². The normalized spacial score (nSPS) is 9.90. The van der Waals surface area contributed by atoms with E-state index in [1.165, 1.54) is 12.1 Å². The standard InChI is InChI=1S/C13H7ClN2O4S/c14-13-4-3-12(21-13)10(17)7-20-11-2-1-8(6-15)5-9(11)16(18)19/h1-5H,7H2. The molecule has 0 aliphatic carbocycles. The van der Waals surface area contributed by atoms with E-state index in [-0.39, 0.29) is 29.4 Å². The van der Waals surface area contributed by atoms with Crippen molar-refractivity contribution < 1.29 is 14.5 Å². The average molecular weight is 323 g/mol. The molecule has 0 aliphatic heterocycles. The molecule has 21 heavy (non-hydrogen) atoms. The molecule has 1 aromatic heterocycles. The van der Waals surface area contributed by atoms with Crippen molar-refractivity contribution in [2.24, 2.45) is 0 Å². The fourth-order valence-corrected chi connectivity index (χ4v) is 2.50. The Balaban J connectivity index is 2.15. The Bertz CT molecular complexity index is 751. The summed E-state index contributed by atoms with van der Waals surface area (Å²) in [7, 11) is 0. The Morgan fingerprint density at radius 3 is 2.76 bits per heavy atom. The molecule has 0 fully saturated rings. The summed E-state index contributed by atoms with van der Waals surface area (Å²) in [6.07, 6.45) is 0. The first-order valence-electron chi connectivity index (χ1n) is 5.61. The van der Waals surface area contributed by atoms with Crippen molar-refractivity contribution in [3.63, 3.8) is 0 Å². The van der Waals surface area contributed by atoms with Crippen LogP contribution in [0.15, 0.2) is 30.3 Å². The fraction of sp³-hybridized carbons (Fsp3) is 0.0769. The number of nitro groups is 1. The highest BCUT2D eigenvalue weighted by Gasteiger charge is 2.18. The Morgan fingerprint density at radius 1 is 1.43 bits per heavy atom. The van der Waals surface area contributed by atoms with Crippen LogP contribution >= 0.6 is 22.9 Å². The molecule has 0 bridgehead atoms. The zero-order valence-electron chi connectivity index (χ0n) is 10.4. The number of ketones is 1. The minimum Gasteiger partial charge on any atom is -0.478 e. The zero-order chi connectivity index (χ0) is 15.4. The van der Waals surface area contributed by atoms with Gasteiger partial charge in [-0.15, -0.1) is 11.3 Å². The van der Waals surface area contributed by atoms with Gasteiger partial charge in [0.05, 0.1) is 25.8 Å². The van der Waals surface area contributed by atoms with Crippen LogP contribution in [-0.4, -0.2) is 17.3 Å². The van der Waals surface area contributed by atoms with Crippen molar-refractivity contribution in [2.45, 2.75) is 0 Å². The smallest absolute Gasteiger partial charge is 0.312 e. The van der Waals surface area contributed by atoms with E-state index in [0.29, 0.717) is 9.21 Å². The molecule has 0 unspecified atom stereocenters. The van der Waals surface area contributed by atoms with Crippen LogP contribution in [0.5, 0.6) is 5.75 Å². The van der Waals surface area contributed by atoms with E-state index in [2.05, 4.69) is 0 Å². The van der Waals surface area contributed by atoms with Crippen molar-refractivity contribution >= 4 is 34.4 Å². The molecule has 106 valence electrons. The third-order valence-electron chi connectivity index (χ3n) is 2.49. The van der Waals surface area contributed by atoms with Crippen LogP contribution in [0.4, 0.5) is 5.69 Å². The molecule has 8 heteroatoms. The molecule has 6 nitrogen and oxygen atoms in total. The molecule has 0 aliphatic rings. The number of ether oxygens (including phenoxy) is 1. The van der Waals surface area contributed by atoms with E-state index in [0.717, 1.165) is 17.4 Å². The van der Waals surface area contributed by atoms with Crippen LogP contribution in [0.2, 0.25) is 4.34 Å². The van der Waals surface area contributed by atoms with Gasteiger partial charge >= 0.3 is 5.69 Å². The van der Waals surface area contributed by atoms with Crippen LogP contribution in [-0.2, 0) is 0 Å². The van der Waals surface area contributed by atoms with Crippen LogP contribution in [0, 0.1) is 21.4 Å². The summed E-state index contributed by atoms with van der Waals surface area (Å²) >= 11 is 6.83. The maximum Gasteiger partial charge on any atom is 0.312 e. The maximum absolute atomic E-state index is 11.8. The van der Waals surface area contributed by atoms with E-state index < -0.39 is 4.92 Å². The monoisotopic (exact) mass is 322 g/mol. The van der Waals surface area contributed by atoms with Crippen molar-refractivity contribution in [3.8, 4) is 11.8 Å². The summed E-state index contributed by atoms with van der Waals surface area (Å²) in [4.78, 5) is 22.5. The number of halogens is 1. The molecule has 1 heterocycles. The van der Waals surface area contributed by atoms with Gasteiger partial charge in [-0.3, -0.25) is 14.9 Å². The number of benzene rings is 1. The largest absolute Gasteiger partial charge is 0.478 e. The Labute approximate surface area is 128 Å².